The number of methoxy groups -OCH3 is 1. The van der Waals surface area contributed by atoms with E-state index in [1.807, 2.05) is 6.92 Å². The second-order valence-electron chi connectivity index (χ2n) is 6.90. The van der Waals surface area contributed by atoms with Crippen molar-refractivity contribution in [3.8, 4) is 5.75 Å². The molecule has 2 aliphatic rings. The largest absolute Gasteiger partial charge is 0.495 e. The van der Waals surface area contributed by atoms with Crippen molar-refractivity contribution in [1.82, 2.24) is 5.32 Å². The molecule has 0 saturated heterocycles. The molecule has 130 valence electrons. The van der Waals surface area contributed by atoms with Crippen LogP contribution in [0.4, 0.5) is 5.69 Å². The minimum absolute atomic E-state index is 0.0137. The van der Waals surface area contributed by atoms with Gasteiger partial charge in [0.15, 0.2) is 0 Å². The Balaban J connectivity index is 1.59. The lowest BCUT2D eigenvalue weighted by molar-refractivity contribution is -0.136. The zero-order valence-electron chi connectivity index (χ0n) is 14.0. The molecule has 2 N–H and O–H groups in total. The van der Waals surface area contributed by atoms with Crippen molar-refractivity contribution in [1.29, 1.82) is 0 Å². The predicted molar refractivity (Wildman–Crippen MR) is 93.2 cm³/mol. The van der Waals surface area contributed by atoms with Gasteiger partial charge in [-0.1, -0.05) is 18.0 Å². The summed E-state index contributed by atoms with van der Waals surface area (Å²) in [5.41, 5.74) is 0.387. The summed E-state index contributed by atoms with van der Waals surface area (Å²) in [4.78, 5) is 24.4. The van der Waals surface area contributed by atoms with Crippen LogP contribution in [0.1, 0.15) is 32.6 Å². The lowest BCUT2D eigenvalue weighted by Gasteiger charge is -2.28. The number of ether oxygens (including phenoxy) is 1. The van der Waals surface area contributed by atoms with E-state index >= 15 is 0 Å². The standard InChI is InChI=1S/C18H23ClN2O3/c1-10(14-8-11-3-4-12(14)7-11)20-17(22)18(23)21-15-9-13(19)5-6-16(15)24-2/h5-6,9-12,14H,3-4,7-8H2,1-2H3,(H,20,22)(H,21,23). The van der Waals surface area contributed by atoms with Crippen molar-refractivity contribution in [2.75, 3.05) is 12.4 Å². The van der Waals surface area contributed by atoms with E-state index in [9.17, 15) is 9.59 Å². The van der Waals surface area contributed by atoms with E-state index in [1.165, 1.54) is 26.4 Å². The van der Waals surface area contributed by atoms with Crippen LogP contribution in [-0.4, -0.2) is 25.0 Å². The molecule has 2 fully saturated rings. The number of rotatable bonds is 4. The number of hydrogen-bond acceptors (Lipinski definition) is 3. The number of halogens is 1. The Hall–Kier alpha value is -1.75. The maximum Gasteiger partial charge on any atom is 0.313 e. The number of carbonyl (C=O) groups is 2. The zero-order chi connectivity index (χ0) is 17.3. The molecule has 2 saturated carbocycles. The number of carbonyl (C=O) groups excluding carboxylic acids is 2. The number of amides is 2. The third-order valence-electron chi connectivity index (χ3n) is 5.41. The molecule has 0 heterocycles. The number of benzene rings is 1. The Labute approximate surface area is 147 Å². The highest BCUT2D eigenvalue weighted by Gasteiger charge is 2.42. The number of nitrogens with one attached hydrogen (secondary N) is 2. The van der Waals surface area contributed by atoms with Gasteiger partial charge in [-0.05, 0) is 62.1 Å². The normalized spacial score (nSPS) is 26.0. The van der Waals surface area contributed by atoms with Crippen molar-refractivity contribution >= 4 is 29.1 Å². The first-order valence-corrected chi connectivity index (χ1v) is 8.81. The van der Waals surface area contributed by atoms with Crippen LogP contribution in [-0.2, 0) is 9.59 Å². The highest BCUT2D eigenvalue weighted by Crippen LogP contribution is 2.49. The summed E-state index contributed by atoms with van der Waals surface area (Å²) in [7, 11) is 1.50. The minimum atomic E-state index is -0.703. The van der Waals surface area contributed by atoms with E-state index in [1.54, 1.807) is 18.2 Å². The third kappa shape index (κ3) is 3.51. The van der Waals surface area contributed by atoms with E-state index in [0.717, 1.165) is 12.3 Å². The highest BCUT2D eigenvalue weighted by atomic mass is 35.5. The number of anilines is 1. The van der Waals surface area contributed by atoms with Gasteiger partial charge in [-0.2, -0.15) is 0 Å². The molecular weight excluding hydrogens is 328 g/mol. The lowest BCUT2D eigenvalue weighted by Crippen LogP contribution is -2.45. The Bertz CT molecular complexity index is 649. The molecule has 0 radical (unpaired) electrons. The Kier molecular flexibility index (Phi) is 4.99. The maximum absolute atomic E-state index is 12.2. The quantitative estimate of drug-likeness (QED) is 0.819. The van der Waals surface area contributed by atoms with Gasteiger partial charge in [-0.25, -0.2) is 0 Å². The molecule has 0 aliphatic heterocycles. The van der Waals surface area contributed by atoms with Crippen molar-refractivity contribution in [2.24, 2.45) is 17.8 Å². The van der Waals surface area contributed by atoms with Crippen LogP contribution in [0.3, 0.4) is 0 Å². The molecule has 4 atom stereocenters. The van der Waals surface area contributed by atoms with Crippen LogP contribution in [0.15, 0.2) is 18.2 Å². The molecule has 3 rings (SSSR count). The first-order chi connectivity index (χ1) is 11.5. The minimum Gasteiger partial charge on any atom is -0.495 e. The van der Waals surface area contributed by atoms with Crippen LogP contribution in [0, 0.1) is 17.8 Å². The molecule has 1 aromatic rings. The molecule has 5 nitrogen and oxygen atoms in total. The lowest BCUT2D eigenvalue weighted by atomic mass is 9.84. The van der Waals surface area contributed by atoms with E-state index in [4.69, 9.17) is 16.3 Å². The van der Waals surface area contributed by atoms with Crippen LogP contribution < -0.4 is 15.4 Å². The summed E-state index contributed by atoms with van der Waals surface area (Å²) >= 11 is 5.94. The first-order valence-electron chi connectivity index (χ1n) is 8.43. The monoisotopic (exact) mass is 350 g/mol. The molecule has 0 aromatic heterocycles. The average Bonchev–Trinajstić information content (AvgIpc) is 3.18. The Morgan fingerprint density at radius 2 is 2.04 bits per heavy atom. The zero-order valence-corrected chi connectivity index (χ0v) is 14.7. The van der Waals surface area contributed by atoms with Gasteiger partial charge in [0.2, 0.25) is 0 Å². The fourth-order valence-electron chi connectivity index (χ4n) is 4.24. The van der Waals surface area contributed by atoms with Crippen molar-refractivity contribution in [2.45, 2.75) is 38.6 Å². The molecular formula is C18H23ClN2O3. The topological polar surface area (TPSA) is 67.4 Å². The molecule has 6 heteroatoms. The smallest absolute Gasteiger partial charge is 0.313 e. The SMILES string of the molecule is COc1ccc(Cl)cc1NC(=O)C(=O)NC(C)C1CC2CCC1C2. The van der Waals surface area contributed by atoms with Gasteiger partial charge in [-0.15, -0.1) is 0 Å². The van der Waals surface area contributed by atoms with Gasteiger partial charge in [0, 0.05) is 11.1 Å². The predicted octanol–water partition coefficient (Wildman–Crippen LogP) is 3.23. The second kappa shape index (κ2) is 7.01. The summed E-state index contributed by atoms with van der Waals surface area (Å²) in [5, 5.41) is 5.89. The number of fused-ring (bicyclic) bond motifs is 2. The molecule has 2 amide bonds. The van der Waals surface area contributed by atoms with E-state index in [2.05, 4.69) is 10.6 Å². The van der Waals surface area contributed by atoms with Gasteiger partial charge in [0.05, 0.1) is 12.8 Å². The van der Waals surface area contributed by atoms with E-state index in [-0.39, 0.29) is 6.04 Å². The van der Waals surface area contributed by atoms with Crippen LogP contribution >= 0.6 is 11.6 Å². The van der Waals surface area contributed by atoms with Crippen molar-refractivity contribution in [3.63, 3.8) is 0 Å². The highest BCUT2D eigenvalue weighted by molar-refractivity contribution is 6.40. The maximum atomic E-state index is 12.2. The van der Waals surface area contributed by atoms with Crippen LogP contribution in [0.5, 0.6) is 5.75 Å². The van der Waals surface area contributed by atoms with Gasteiger partial charge < -0.3 is 15.4 Å². The summed E-state index contributed by atoms with van der Waals surface area (Å²) < 4.78 is 5.17. The molecule has 24 heavy (non-hydrogen) atoms. The van der Waals surface area contributed by atoms with Crippen molar-refractivity contribution in [3.05, 3.63) is 23.2 Å². The van der Waals surface area contributed by atoms with Crippen molar-refractivity contribution < 1.29 is 14.3 Å². The summed E-state index contributed by atoms with van der Waals surface area (Å²) in [6.45, 7) is 2.00. The molecule has 1 aromatic carbocycles. The van der Waals surface area contributed by atoms with Crippen LogP contribution in [0.2, 0.25) is 5.02 Å². The molecule has 0 spiro atoms. The Morgan fingerprint density at radius 1 is 1.25 bits per heavy atom. The van der Waals surface area contributed by atoms with E-state index in [0.29, 0.717) is 28.3 Å². The first kappa shape index (κ1) is 17.1. The summed E-state index contributed by atoms with van der Waals surface area (Å²) in [6.07, 6.45) is 5.00. The molecule has 2 aliphatic carbocycles. The number of hydrogen-bond donors (Lipinski definition) is 2. The van der Waals surface area contributed by atoms with Gasteiger partial charge >= 0.3 is 11.8 Å². The van der Waals surface area contributed by atoms with E-state index < -0.39 is 11.8 Å². The summed E-state index contributed by atoms with van der Waals surface area (Å²) in [5.74, 6) is 1.13. The fraction of sp³-hybridized carbons (Fsp3) is 0.556. The van der Waals surface area contributed by atoms with Gasteiger partial charge in [0.25, 0.3) is 0 Å². The fourth-order valence-corrected chi connectivity index (χ4v) is 4.41. The average molecular weight is 351 g/mol. The van der Waals surface area contributed by atoms with Gasteiger partial charge in [-0.3, -0.25) is 9.59 Å². The summed E-state index contributed by atoms with van der Waals surface area (Å²) in [6, 6.07) is 4.88. The Morgan fingerprint density at radius 3 is 2.67 bits per heavy atom. The second-order valence-corrected chi connectivity index (χ2v) is 7.34. The van der Waals surface area contributed by atoms with Crippen LogP contribution in [0.25, 0.3) is 0 Å². The van der Waals surface area contributed by atoms with Gasteiger partial charge in [0.1, 0.15) is 5.75 Å². The molecule has 2 bridgehead atoms. The molecule has 4 unspecified atom stereocenters. The third-order valence-corrected chi connectivity index (χ3v) is 5.64.